The molecule has 2 aliphatic rings. The van der Waals surface area contributed by atoms with E-state index in [0.29, 0.717) is 6.61 Å². The first kappa shape index (κ1) is 27.8. The van der Waals surface area contributed by atoms with Crippen LogP contribution in [-0.4, -0.2) is 48.2 Å². The Morgan fingerprint density at radius 2 is 1.17 bits per heavy atom. The van der Waals surface area contributed by atoms with Gasteiger partial charge in [0, 0.05) is 0 Å². The molecule has 6 nitrogen and oxygen atoms in total. The molecule has 1 N–H and O–H groups in total. The topological polar surface area (TPSA) is 66.4 Å². The van der Waals surface area contributed by atoms with Crippen LogP contribution in [0.4, 0.5) is 0 Å². The van der Waals surface area contributed by atoms with E-state index in [4.69, 9.17) is 23.7 Å². The van der Waals surface area contributed by atoms with E-state index in [1.807, 2.05) is 98.8 Å². The van der Waals surface area contributed by atoms with Gasteiger partial charge in [0.25, 0.3) is 0 Å². The zero-order valence-electron chi connectivity index (χ0n) is 23.3. The van der Waals surface area contributed by atoms with Crippen molar-refractivity contribution in [3.05, 3.63) is 144 Å². The Balaban J connectivity index is 1.28. The van der Waals surface area contributed by atoms with Crippen LogP contribution in [0.25, 0.3) is 0 Å². The molecule has 0 saturated carbocycles. The smallest absolute Gasteiger partial charge is 0.187 e. The average Bonchev–Trinajstić information content (AvgIpc) is 3.51. The third kappa shape index (κ3) is 5.72. The number of ether oxygens (including phenoxy) is 5. The minimum atomic E-state index is -1.01. The van der Waals surface area contributed by atoms with Gasteiger partial charge in [-0.2, -0.15) is 0 Å². The van der Waals surface area contributed by atoms with Crippen molar-refractivity contribution in [3.63, 3.8) is 0 Å². The summed E-state index contributed by atoms with van der Waals surface area (Å²) in [6, 6.07) is 40.2. The highest BCUT2D eigenvalue weighted by atomic mass is 16.8. The van der Waals surface area contributed by atoms with Gasteiger partial charge >= 0.3 is 0 Å². The van der Waals surface area contributed by atoms with Crippen LogP contribution in [0.3, 0.4) is 0 Å². The molecule has 41 heavy (non-hydrogen) atoms. The lowest BCUT2D eigenvalue weighted by Gasteiger charge is -2.37. The Labute approximate surface area is 241 Å². The molecule has 0 amide bonds. The predicted octanol–water partition coefficient (Wildman–Crippen LogP) is 5.82. The summed E-state index contributed by atoms with van der Waals surface area (Å²) in [6.45, 7) is 4.08. The van der Waals surface area contributed by atoms with Crippen molar-refractivity contribution in [3.8, 4) is 0 Å². The van der Waals surface area contributed by atoms with Crippen molar-refractivity contribution in [1.29, 1.82) is 0 Å². The van der Waals surface area contributed by atoms with Crippen LogP contribution in [0.15, 0.2) is 121 Å². The van der Waals surface area contributed by atoms with Crippen molar-refractivity contribution >= 4 is 0 Å². The van der Waals surface area contributed by atoms with Gasteiger partial charge in [-0.15, -0.1) is 0 Å². The lowest BCUT2D eigenvalue weighted by Crippen LogP contribution is -2.44. The van der Waals surface area contributed by atoms with E-state index in [1.54, 1.807) is 0 Å². The fraction of sp³-hybridized carbons (Fsp3) is 0.314. The summed E-state index contributed by atoms with van der Waals surface area (Å²) in [5.41, 5.74) is 2.94. The zero-order chi connectivity index (χ0) is 28.3. The van der Waals surface area contributed by atoms with Crippen LogP contribution in [0.2, 0.25) is 0 Å². The Kier molecular flexibility index (Phi) is 8.04. The number of hydrogen-bond donors (Lipinski definition) is 1. The molecule has 4 aromatic rings. The first-order chi connectivity index (χ1) is 20.0. The van der Waals surface area contributed by atoms with Crippen LogP contribution >= 0.6 is 0 Å². The molecule has 0 bridgehead atoms. The highest BCUT2D eigenvalue weighted by Gasteiger charge is 2.58. The van der Waals surface area contributed by atoms with E-state index in [0.717, 1.165) is 22.3 Å². The van der Waals surface area contributed by atoms with Crippen molar-refractivity contribution in [2.45, 2.75) is 62.5 Å². The maximum atomic E-state index is 11.6. The summed E-state index contributed by atoms with van der Waals surface area (Å²) < 4.78 is 31.7. The second-order valence-corrected chi connectivity index (χ2v) is 11.0. The summed E-state index contributed by atoms with van der Waals surface area (Å²) in [5, 5.41) is 11.6. The largest absolute Gasteiger partial charge is 0.388 e. The number of fused-ring (bicyclic) bond motifs is 1. The minimum absolute atomic E-state index is 0.0121. The Morgan fingerprint density at radius 1 is 0.707 bits per heavy atom. The number of aliphatic hydroxyl groups excluding tert-OH is 1. The Hall–Kier alpha value is -3.36. The van der Waals surface area contributed by atoms with E-state index in [9.17, 15) is 5.11 Å². The van der Waals surface area contributed by atoms with E-state index in [-0.39, 0.29) is 6.61 Å². The number of hydrogen-bond acceptors (Lipinski definition) is 6. The van der Waals surface area contributed by atoms with E-state index in [1.165, 1.54) is 0 Å². The summed E-state index contributed by atoms with van der Waals surface area (Å²) in [4.78, 5) is 0. The van der Waals surface area contributed by atoms with E-state index < -0.39 is 42.1 Å². The monoisotopic (exact) mass is 552 g/mol. The molecule has 0 spiro atoms. The summed E-state index contributed by atoms with van der Waals surface area (Å²) in [5.74, 6) is -0.825. The first-order valence-electron chi connectivity index (χ1n) is 14.1. The number of aliphatic hydroxyl groups is 1. The van der Waals surface area contributed by atoms with Crippen molar-refractivity contribution in [1.82, 2.24) is 0 Å². The Morgan fingerprint density at radius 3 is 1.68 bits per heavy atom. The molecule has 0 radical (unpaired) electrons. The highest BCUT2D eigenvalue weighted by Crippen LogP contribution is 2.43. The summed E-state index contributed by atoms with van der Waals surface area (Å²) in [6.07, 6.45) is -3.40. The highest BCUT2D eigenvalue weighted by molar-refractivity contribution is 5.47. The third-order valence-corrected chi connectivity index (χ3v) is 7.69. The van der Waals surface area contributed by atoms with Gasteiger partial charge in [-0.1, -0.05) is 121 Å². The van der Waals surface area contributed by atoms with Crippen molar-refractivity contribution in [2.75, 3.05) is 6.61 Å². The average molecular weight is 553 g/mol. The van der Waals surface area contributed by atoms with Crippen LogP contribution in [0.1, 0.15) is 36.1 Å². The van der Waals surface area contributed by atoms with E-state index >= 15 is 0 Å². The van der Waals surface area contributed by atoms with Gasteiger partial charge in [-0.3, -0.25) is 0 Å². The predicted molar refractivity (Wildman–Crippen MR) is 155 cm³/mol. The van der Waals surface area contributed by atoms with Gasteiger partial charge in [0.1, 0.15) is 30.0 Å². The van der Waals surface area contributed by atoms with E-state index in [2.05, 4.69) is 36.4 Å². The standard InChI is InChI=1S/C35H36O6/c1-34(2)40-31-30(39-33(32(31)41-34)37-23-25-15-7-3-8-16-25)29(36)24-38-35(26-17-9-4-10-18-26,27-19-11-5-12-20-27)28-21-13-6-14-22-28/h3-22,29-33,36H,23-24H2,1-2H3/t29-,30-,31+,32+,33+/m1/s1. The molecule has 0 aliphatic carbocycles. The second-order valence-electron chi connectivity index (χ2n) is 11.0. The molecule has 2 heterocycles. The zero-order valence-corrected chi connectivity index (χ0v) is 23.3. The van der Waals surface area contributed by atoms with Crippen LogP contribution < -0.4 is 0 Å². The molecule has 5 atom stereocenters. The third-order valence-electron chi connectivity index (χ3n) is 7.69. The van der Waals surface area contributed by atoms with Crippen LogP contribution in [0, 0.1) is 0 Å². The SMILES string of the molecule is CC1(C)O[C@@H]2[C@H](O1)[C@@H](OCc1ccccc1)O[C@@H]2[C@H](O)COC(c1ccccc1)(c1ccccc1)c1ccccc1. The molecular weight excluding hydrogens is 516 g/mol. The molecule has 2 saturated heterocycles. The van der Waals surface area contributed by atoms with Crippen LogP contribution in [-0.2, 0) is 35.9 Å². The normalized spacial score (nSPS) is 24.2. The first-order valence-corrected chi connectivity index (χ1v) is 14.1. The minimum Gasteiger partial charge on any atom is -0.388 e. The fourth-order valence-corrected chi connectivity index (χ4v) is 5.86. The molecular formula is C35H36O6. The lowest BCUT2D eigenvalue weighted by atomic mass is 9.80. The summed E-state index contributed by atoms with van der Waals surface area (Å²) >= 11 is 0. The van der Waals surface area contributed by atoms with Gasteiger partial charge in [-0.05, 0) is 36.1 Å². The maximum Gasteiger partial charge on any atom is 0.187 e. The van der Waals surface area contributed by atoms with Crippen LogP contribution in [0.5, 0.6) is 0 Å². The second kappa shape index (κ2) is 11.9. The molecule has 4 aromatic carbocycles. The van der Waals surface area contributed by atoms with Gasteiger partial charge in [0.2, 0.25) is 0 Å². The Bertz CT molecular complexity index is 1280. The molecule has 6 rings (SSSR count). The molecule has 6 heteroatoms. The molecule has 0 aromatic heterocycles. The molecule has 212 valence electrons. The lowest BCUT2D eigenvalue weighted by molar-refractivity contribution is -0.249. The quantitative estimate of drug-likeness (QED) is 0.250. The molecule has 2 fully saturated rings. The van der Waals surface area contributed by atoms with Gasteiger partial charge in [0.05, 0.1) is 13.2 Å². The van der Waals surface area contributed by atoms with Gasteiger partial charge < -0.3 is 28.8 Å². The molecule has 0 unspecified atom stereocenters. The number of rotatable bonds is 10. The fourth-order valence-electron chi connectivity index (χ4n) is 5.86. The van der Waals surface area contributed by atoms with Gasteiger partial charge in [0.15, 0.2) is 12.1 Å². The molecule has 2 aliphatic heterocycles. The van der Waals surface area contributed by atoms with Crippen molar-refractivity contribution < 1.29 is 28.8 Å². The summed E-state index contributed by atoms with van der Waals surface area (Å²) in [7, 11) is 0. The maximum absolute atomic E-state index is 11.6. The number of benzene rings is 4. The van der Waals surface area contributed by atoms with Crippen molar-refractivity contribution in [2.24, 2.45) is 0 Å². The van der Waals surface area contributed by atoms with Gasteiger partial charge in [-0.25, -0.2) is 0 Å².